The van der Waals surface area contributed by atoms with Crippen LogP contribution in [0.3, 0.4) is 0 Å². The standard InChI is InChI=1S/Fe.H3O4P.12H2O/c;1-5(2,3)4;;;;;;;;;;;;/h;(H3,1,2,3,4);12*1H2. The first-order valence-corrected chi connectivity index (χ1v) is 2.35. The summed E-state index contributed by atoms with van der Waals surface area (Å²) in [4.78, 5) is 21.6. The van der Waals surface area contributed by atoms with Gasteiger partial charge in [-0.1, -0.05) is 0 Å². The molecule has 0 aliphatic heterocycles. The Labute approximate surface area is 111 Å². The zero-order valence-corrected chi connectivity index (χ0v) is 10.5. The van der Waals surface area contributed by atoms with Crippen LogP contribution in [0.2, 0.25) is 0 Å². The van der Waals surface area contributed by atoms with Crippen LogP contribution in [-0.2, 0) is 21.6 Å². The van der Waals surface area contributed by atoms with Crippen LogP contribution in [0, 0.1) is 0 Å². The van der Waals surface area contributed by atoms with Crippen LogP contribution in [0.25, 0.3) is 0 Å². The number of hydrogen-bond donors (Lipinski definition) is 3. The third-order valence-corrected chi connectivity index (χ3v) is 0. The summed E-state index contributed by atoms with van der Waals surface area (Å²) in [6, 6.07) is 0. The van der Waals surface area contributed by atoms with Gasteiger partial charge in [-0.25, -0.2) is 4.57 Å². The first-order valence-electron chi connectivity index (χ1n) is 0.783. The van der Waals surface area contributed by atoms with E-state index in [-0.39, 0.29) is 82.8 Å². The summed E-state index contributed by atoms with van der Waals surface area (Å²) in [5.74, 6) is 0. The molecule has 0 atom stereocenters. The minimum absolute atomic E-state index is 0. The summed E-state index contributed by atoms with van der Waals surface area (Å²) in [7, 11) is -4.64. The first kappa shape index (κ1) is 310. The van der Waals surface area contributed by atoms with Crippen molar-refractivity contribution in [2.24, 2.45) is 0 Å². The first-order chi connectivity index (χ1) is 2.00. The molecule has 0 aliphatic rings. The second kappa shape index (κ2) is 118. The second-order valence-corrected chi connectivity index (χ2v) is 1.54. The van der Waals surface area contributed by atoms with E-state index in [0.717, 1.165) is 0 Å². The molecule has 16 nitrogen and oxygen atoms in total. The Hall–Kier alpha value is 0.149. The van der Waals surface area contributed by atoms with Gasteiger partial charge < -0.3 is 80.4 Å². The summed E-state index contributed by atoms with van der Waals surface area (Å²) in [6.45, 7) is 0. The van der Waals surface area contributed by atoms with Crippen molar-refractivity contribution in [3.8, 4) is 0 Å². The predicted molar refractivity (Wildman–Crippen MR) is 57.6 cm³/mol. The molecule has 18 heteroatoms. The van der Waals surface area contributed by atoms with Gasteiger partial charge in [0, 0.05) is 17.1 Å². The Balaban J connectivity index is -0.00000000103. The number of rotatable bonds is 0. The van der Waals surface area contributed by atoms with Crippen LogP contribution < -0.4 is 0 Å². The third-order valence-electron chi connectivity index (χ3n) is 0. The van der Waals surface area contributed by atoms with Gasteiger partial charge >= 0.3 is 7.82 Å². The van der Waals surface area contributed by atoms with Gasteiger partial charge in [0.1, 0.15) is 0 Å². The number of phosphoric acid groups is 1. The van der Waals surface area contributed by atoms with E-state index in [0.29, 0.717) is 0 Å². The Morgan fingerprint density at radius 1 is 0.444 bits per heavy atom. The smallest absolute Gasteiger partial charge is 0.412 e. The molecule has 0 amide bonds. The molecule has 0 bridgehead atoms. The molecule has 0 fully saturated rings. The quantitative estimate of drug-likeness (QED) is 0.276. The van der Waals surface area contributed by atoms with Gasteiger partial charge in [-0.3, -0.25) is 0 Å². The average Bonchev–Trinajstić information content (AvgIpc) is 0.722. The maximum absolute atomic E-state index is 8.88. The fourth-order valence-corrected chi connectivity index (χ4v) is 0. The summed E-state index contributed by atoms with van der Waals surface area (Å²) in [5, 5.41) is 0. The van der Waals surface area contributed by atoms with Crippen molar-refractivity contribution in [2.75, 3.05) is 0 Å². The number of hydrogen-bond acceptors (Lipinski definition) is 1. The Bertz CT molecular complexity index is 57.2. The van der Waals surface area contributed by atoms with E-state index in [4.69, 9.17) is 19.2 Å². The van der Waals surface area contributed by atoms with E-state index in [2.05, 4.69) is 0 Å². The molecule has 18 heavy (non-hydrogen) atoms. The van der Waals surface area contributed by atoms with Crippen LogP contribution in [0.1, 0.15) is 0 Å². The van der Waals surface area contributed by atoms with E-state index in [1.54, 1.807) is 0 Å². The van der Waals surface area contributed by atoms with Gasteiger partial charge in [0.25, 0.3) is 0 Å². The fourth-order valence-electron chi connectivity index (χ4n) is 0. The molecule has 136 valence electrons. The Kier molecular flexibility index (Phi) is 2040. The van der Waals surface area contributed by atoms with Crippen LogP contribution >= 0.6 is 7.82 Å². The zero-order chi connectivity index (χ0) is 4.50. The predicted octanol–water partition coefficient (Wildman–Crippen LogP) is -10.8. The van der Waals surface area contributed by atoms with Crippen molar-refractivity contribution < 1.29 is 102 Å². The molecule has 0 unspecified atom stereocenters. The van der Waals surface area contributed by atoms with Crippen LogP contribution in [0.15, 0.2) is 0 Å². The second-order valence-electron chi connectivity index (χ2n) is 0.513. The zero-order valence-electron chi connectivity index (χ0n) is 8.55. The van der Waals surface area contributed by atoms with Gasteiger partial charge in [-0.2, -0.15) is 0 Å². The van der Waals surface area contributed by atoms with Gasteiger partial charge in [-0.15, -0.1) is 0 Å². The average molecular weight is 370 g/mol. The summed E-state index contributed by atoms with van der Waals surface area (Å²) in [5.41, 5.74) is 0. The molecular weight excluding hydrogens is 343 g/mol. The normalized spacial score (nSPS) is 3.28. The monoisotopic (exact) mass is 370 g/mol. The Morgan fingerprint density at radius 2 is 0.444 bits per heavy atom. The molecule has 0 saturated carbocycles. The van der Waals surface area contributed by atoms with Crippen molar-refractivity contribution in [2.45, 2.75) is 0 Å². The molecule has 0 aliphatic carbocycles. The maximum atomic E-state index is 8.88. The van der Waals surface area contributed by atoms with E-state index in [9.17, 15) is 0 Å². The molecule has 0 aromatic carbocycles. The largest absolute Gasteiger partial charge is 0.466 e. The van der Waals surface area contributed by atoms with E-state index in [1.165, 1.54) is 0 Å². The van der Waals surface area contributed by atoms with Crippen LogP contribution in [-0.4, -0.2) is 80.4 Å². The third kappa shape index (κ3) is 166000. The summed E-state index contributed by atoms with van der Waals surface area (Å²) < 4.78 is 8.88. The molecule has 0 aromatic heterocycles. The van der Waals surface area contributed by atoms with Crippen molar-refractivity contribution in [1.29, 1.82) is 0 Å². The molecule has 0 spiro atoms. The van der Waals surface area contributed by atoms with Crippen molar-refractivity contribution in [3.05, 3.63) is 0 Å². The SMILES string of the molecule is O.O.O.O.O.O.O.O.O.O.O.O.O=P(O)(O)O.[Fe]. The van der Waals surface area contributed by atoms with E-state index >= 15 is 0 Å². The van der Waals surface area contributed by atoms with Gasteiger partial charge in [0.15, 0.2) is 0 Å². The molecule has 0 saturated heterocycles. The minimum atomic E-state index is -4.64. The van der Waals surface area contributed by atoms with Gasteiger partial charge in [0.05, 0.1) is 0 Å². The van der Waals surface area contributed by atoms with Crippen molar-refractivity contribution in [1.82, 2.24) is 0 Å². The maximum Gasteiger partial charge on any atom is 0.466 e. The molecule has 0 heterocycles. The molecular formula is H27FeO16P. The van der Waals surface area contributed by atoms with Crippen molar-refractivity contribution >= 4 is 7.82 Å². The molecule has 0 rings (SSSR count). The summed E-state index contributed by atoms with van der Waals surface area (Å²) >= 11 is 0. The molecule has 0 radical (unpaired) electrons. The van der Waals surface area contributed by atoms with Crippen LogP contribution in [0.4, 0.5) is 0 Å². The van der Waals surface area contributed by atoms with Crippen molar-refractivity contribution in [3.63, 3.8) is 0 Å². The molecule has 0 aromatic rings. The minimum Gasteiger partial charge on any atom is -0.412 e. The van der Waals surface area contributed by atoms with Gasteiger partial charge in [-0.05, 0) is 0 Å². The topological polar surface area (TPSA) is 456 Å². The Morgan fingerprint density at radius 3 is 0.444 bits per heavy atom. The van der Waals surface area contributed by atoms with Gasteiger partial charge in [0.2, 0.25) is 0 Å². The van der Waals surface area contributed by atoms with E-state index < -0.39 is 7.82 Å². The fraction of sp³-hybridized carbons (Fsp3) is 0. The molecule has 27 N–H and O–H groups in total. The van der Waals surface area contributed by atoms with E-state index in [1.807, 2.05) is 0 Å². The summed E-state index contributed by atoms with van der Waals surface area (Å²) in [6.07, 6.45) is 0. The van der Waals surface area contributed by atoms with Crippen LogP contribution in [0.5, 0.6) is 0 Å².